The number of amides is 2. The minimum atomic E-state index is -0.346. The Labute approximate surface area is 178 Å². The quantitative estimate of drug-likeness (QED) is 0.683. The van der Waals surface area contributed by atoms with E-state index in [1.807, 2.05) is 12.1 Å². The summed E-state index contributed by atoms with van der Waals surface area (Å²) in [4.78, 5) is 32.6. The zero-order chi connectivity index (χ0) is 21.3. The molecule has 0 atom stereocenters. The molecule has 1 N–H and O–H groups in total. The van der Waals surface area contributed by atoms with Crippen molar-refractivity contribution in [1.82, 2.24) is 4.98 Å². The first-order valence-corrected chi connectivity index (χ1v) is 9.92. The van der Waals surface area contributed by atoms with Crippen LogP contribution in [0.1, 0.15) is 20.7 Å². The van der Waals surface area contributed by atoms with Gasteiger partial charge in [-0.1, -0.05) is 11.8 Å². The molecule has 0 saturated heterocycles. The van der Waals surface area contributed by atoms with Gasteiger partial charge in [-0.3, -0.25) is 9.59 Å². The molecule has 1 aliphatic rings. The molecule has 30 heavy (non-hydrogen) atoms. The monoisotopic (exact) mass is 421 g/mol. The van der Waals surface area contributed by atoms with Crippen LogP contribution in [0, 0.1) is 0 Å². The third kappa shape index (κ3) is 3.57. The highest BCUT2D eigenvalue weighted by Gasteiger charge is 2.26. The summed E-state index contributed by atoms with van der Waals surface area (Å²) in [5.41, 5.74) is 2.12. The Morgan fingerprint density at radius 1 is 1.10 bits per heavy atom. The van der Waals surface area contributed by atoms with Crippen LogP contribution in [0.5, 0.6) is 11.5 Å². The molecule has 2 heterocycles. The minimum Gasteiger partial charge on any atom is -0.497 e. The number of pyridine rings is 1. The van der Waals surface area contributed by atoms with Crippen molar-refractivity contribution in [2.75, 3.05) is 31.5 Å². The Bertz CT molecular complexity index is 1150. The lowest BCUT2D eigenvalue weighted by Gasteiger charge is -2.16. The number of benzene rings is 2. The lowest BCUT2D eigenvalue weighted by molar-refractivity contribution is 0.0987. The number of carbonyl (C=O) groups excluding carboxylic acids is 2. The highest BCUT2D eigenvalue weighted by molar-refractivity contribution is 7.99. The molecule has 1 aromatic heterocycles. The van der Waals surface area contributed by atoms with E-state index in [0.29, 0.717) is 28.3 Å². The third-order valence-electron chi connectivity index (χ3n) is 4.74. The van der Waals surface area contributed by atoms with Crippen molar-refractivity contribution in [3.8, 4) is 11.5 Å². The number of ether oxygens (including phenoxy) is 2. The van der Waals surface area contributed by atoms with Crippen LogP contribution in [0.25, 0.3) is 0 Å². The number of rotatable bonds is 4. The van der Waals surface area contributed by atoms with Gasteiger partial charge in [0.2, 0.25) is 0 Å². The van der Waals surface area contributed by atoms with E-state index >= 15 is 0 Å². The van der Waals surface area contributed by atoms with E-state index < -0.39 is 0 Å². The second kappa shape index (κ2) is 8.08. The van der Waals surface area contributed by atoms with Crippen molar-refractivity contribution in [2.45, 2.75) is 9.92 Å². The van der Waals surface area contributed by atoms with Gasteiger partial charge in [0, 0.05) is 29.9 Å². The second-order valence-corrected chi connectivity index (χ2v) is 7.56. The van der Waals surface area contributed by atoms with Crippen LogP contribution in [0.4, 0.5) is 11.4 Å². The summed E-state index contributed by atoms with van der Waals surface area (Å²) in [5.74, 6) is 0.477. The molecular weight excluding hydrogens is 402 g/mol. The smallest absolute Gasteiger partial charge is 0.259 e. The molecule has 0 fully saturated rings. The number of nitrogens with zero attached hydrogens (tertiary/aromatic N) is 2. The van der Waals surface area contributed by atoms with Crippen LogP contribution < -0.4 is 19.7 Å². The largest absolute Gasteiger partial charge is 0.497 e. The summed E-state index contributed by atoms with van der Waals surface area (Å²) >= 11 is 1.42. The first kappa shape index (κ1) is 19.8. The molecule has 7 nitrogen and oxygen atoms in total. The van der Waals surface area contributed by atoms with Crippen LogP contribution in [-0.4, -0.2) is 38.1 Å². The molecule has 3 aromatic rings. The van der Waals surface area contributed by atoms with Gasteiger partial charge in [-0.2, -0.15) is 0 Å². The maximum Gasteiger partial charge on any atom is 0.259 e. The second-order valence-electron chi connectivity index (χ2n) is 6.53. The fourth-order valence-electron chi connectivity index (χ4n) is 3.16. The maximum absolute atomic E-state index is 13.0. The van der Waals surface area contributed by atoms with E-state index in [4.69, 9.17) is 9.47 Å². The molecule has 4 rings (SSSR count). The fraction of sp³-hybridized carbons (Fsp3) is 0.136. The Balaban J connectivity index is 1.64. The number of methoxy groups -OCH3 is 2. The number of fused-ring (bicyclic) bond motifs is 2. The highest BCUT2D eigenvalue weighted by atomic mass is 32.2. The highest BCUT2D eigenvalue weighted by Crippen LogP contribution is 2.40. The molecule has 1 aliphatic heterocycles. The lowest BCUT2D eigenvalue weighted by atomic mass is 10.1. The number of carbonyl (C=O) groups is 2. The zero-order valence-electron chi connectivity index (χ0n) is 16.6. The molecule has 0 saturated carbocycles. The van der Waals surface area contributed by atoms with Crippen LogP contribution in [0.2, 0.25) is 0 Å². The van der Waals surface area contributed by atoms with Crippen molar-refractivity contribution in [2.24, 2.45) is 0 Å². The Kier molecular flexibility index (Phi) is 5.33. The topological polar surface area (TPSA) is 80.8 Å². The first-order valence-electron chi connectivity index (χ1n) is 9.10. The average molecular weight is 421 g/mol. The van der Waals surface area contributed by atoms with Gasteiger partial charge in [0.1, 0.15) is 16.5 Å². The third-order valence-corrected chi connectivity index (χ3v) is 5.83. The maximum atomic E-state index is 13.0. The van der Waals surface area contributed by atoms with E-state index in [0.717, 1.165) is 15.6 Å². The molecule has 0 aliphatic carbocycles. The molecule has 152 valence electrons. The number of hydrogen-bond donors (Lipinski definition) is 1. The molecule has 0 unspecified atom stereocenters. The normalized spacial score (nSPS) is 12.5. The summed E-state index contributed by atoms with van der Waals surface area (Å²) in [5, 5.41) is 3.60. The number of nitrogens with one attached hydrogen (secondary N) is 1. The van der Waals surface area contributed by atoms with Crippen molar-refractivity contribution >= 4 is 35.0 Å². The zero-order valence-corrected chi connectivity index (χ0v) is 17.4. The van der Waals surface area contributed by atoms with Crippen LogP contribution >= 0.6 is 11.8 Å². The summed E-state index contributed by atoms with van der Waals surface area (Å²) < 4.78 is 10.5. The average Bonchev–Trinajstić information content (AvgIpc) is 2.88. The molecule has 2 amide bonds. The Hall–Kier alpha value is -3.52. The van der Waals surface area contributed by atoms with Crippen molar-refractivity contribution < 1.29 is 19.1 Å². The molecular formula is C22H19N3O4S. The number of hydrogen-bond acceptors (Lipinski definition) is 6. The number of anilines is 2. The predicted octanol–water partition coefficient (Wildman–Crippen LogP) is 4.09. The van der Waals surface area contributed by atoms with Gasteiger partial charge in [-0.25, -0.2) is 4.98 Å². The van der Waals surface area contributed by atoms with Crippen LogP contribution in [0.3, 0.4) is 0 Å². The van der Waals surface area contributed by atoms with Crippen molar-refractivity contribution in [3.63, 3.8) is 0 Å². The first-order chi connectivity index (χ1) is 14.5. The van der Waals surface area contributed by atoms with Gasteiger partial charge >= 0.3 is 0 Å². The van der Waals surface area contributed by atoms with Crippen LogP contribution in [0.15, 0.2) is 64.6 Å². The van der Waals surface area contributed by atoms with Crippen molar-refractivity contribution in [1.29, 1.82) is 0 Å². The number of aromatic nitrogens is 1. The SMILES string of the molecule is COc1ccc(C(=O)Nc2ccc3c(c2)C(=O)N(C)c2cccnc2S3)c(OC)c1. The van der Waals surface area contributed by atoms with Gasteiger partial charge in [-0.15, -0.1) is 0 Å². The molecule has 0 radical (unpaired) electrons. The predicted molar refractivity (Wildman–Crippen MR) is 115 cm³/mol. The van der Waals surface area contributed by atoms with Gasteiger partial charge in [-0.05, 0) is 42.5 Å². The van der Waals surface area contributed by atoms with Gasteiger partial charge in [0.15, 0.2) is 0 Å². The van der Waals surface area contributed by atoms with E-state index in [9.17, 15) is 9.59 Å². The molecule has 0 bridgehead atoms. The minimum absolute atomic E-state index is 0.164. The molecule has 2 aromatic carbocycles. The lowest BCUT2D eigenvalue weighted by Crippen LogP contribution is -2.26. The Morgan fingerprint density at radius 2 is 1.93 bits per heavy atom. The molecule has 0 spiro atoms. The van der Waals surface area contributed by atoms with Gasteiger partial charge in [0.25, 0.3) is 11.8 Å². The molecule has 8 heteroatoms. The summed E-state index contributed by atoms with van der Waals surface area (Å²) in [6, 6.07) is 13.9. The van der Waals surface area contributed by atoms with Gasteiger partial charge in [0.05, 0.1) is 31.0 Å². The van der Waals surface area contributed by atoms with E-state index in [-0.39, 0.29) is 11.8 Å². The summed E-state index contributed by atoms with van der Waals surface area (Å²) in [6.07, 6.45) is 1.70. The van der Waals surface area contributed by atoms with Gasteiger partial charge < -0.3 is 19.7 Å². The van der Waals surface area contributed by atoms with Crippen molar-refractivity contribution in [3.05, 3.63) is 65.9 Å². The van der Waals surface area contributed by atoms with E-state index in [1.165, 1.54) is 18.9 Å². The Morgan fingerprint density at radius 3 is 2.70 bits per heavy atom. The summed E-state index contributed by atoms with van der Waals surface area (Å²) in [7, 11) is 4.75. The standard InChI is InChI=1S/C22H19N3O4S/c1-25-17-5-4-10-23-21(17)30-19-9-6-13(11-16(19)22(25)27)24-20(26)15-8-7-14(28-2)12-18(15)29-3/h4-12H,1-3H3,(H,24,26). The van der Waals surface area contributed by atoms with Crippen LogP contribution in [-0.2, 0) is 0 Å². The fourth-order valence-corrected chi connectivity index (χ4v) is 4.18. The van der Waals surface area contributed by atoms with E-state index in [1.54, 1.807) is 61.7 Å². The van der Waals surface area contributed by atoms with E-state index in [2.05, 4.69) is 10.3 Å². The summed E-state index contributed by atoms with van der Waals surface area (Å²) in [6.45, 7) is 0.